The minimum atomic E-state index is -0.533. The average molecular weight is 353 g/mol. The van der Waals surface area contributed by atoms with Gasteiger partial charge in [-0.1, -0.05) is 42.5 Å². The molecule has 130 valence electrons. The molecule has 1 unspecified atom stereocenters. The van der Waals surface area contributed by atoms with E-state index in [9.17, 15) is 4.79 Å². The average Bonchev–Trinajstić information content (AvgIpc) is 2.51. The maximum atomic E-state index is 12.2. The van der Waals surface area contributed by atoms with Crippen molar-refractivity contribution in [3.05, 3.63) is 65.7 Å². The molecule has 0 fully saturated rings. The number of ether oxygens (including phenoxy) is 1. The van der Waals surface area contributed by atoms with Gasteiger partial charge in [-0.3, -0.25) is 4.79 Å². The lowest BCUT2D eigenvalue weighted by atomic mass is 9.73. The van der Waals surface area contributed by atoms with Crippen LogP contribution in [0.25, 0.3) is 0 Å². The first kappa shape index (κ1) is 17.7. The smallest absolute Gasteiger partial charge is 0.312 e. The van der Waals surface area contributed by atoms with Crippen molar-refractivity contribution in [2.24, 2.45) is 0 Å². The molecule has 1 N–H and O–H groups in total. The summed E-state index contributed by atoms with van der Waals surface area (Å²) in [4.78, 5) is 13.4. The highest BCUT2D eigenvalue weighted by atomic mass is 32.2. The van der Waals surface area contributed by atoms with E-state index in [0.29, 0.717) is 5.71 Å². The Morgan fingerprint density at radius 2 is 1.76 bits per heavy atom. The summed E-state index contributed by atoms with van der Waals surface area (Å²) in [5, 5.41) is 8.69. The molecule has 0 heterocycles. The highest BCUT2D eigenvalue weighted by Crippen LogP contribution is 2.53. The number of nitrogens with one attached hydrogen (secondary N) is 1. The molecular formula is C21H23NO2S. The molecule has 0 saturated heterocycles. The summed E-state index contributed by atoms with van der Waals surface area (Å²) in [5.74, 6) is -0.338. The fraction of sp³-hybridized carbons (Fsp3) is 0.333. The van der Waals surface area contributed by atoms with Crippen molar-refractivity contribution >= 4 is 23.4 Å². The lowest BCUT2D eigenvalue weighted by Crippen LogP contribution is -2.44. The van der Waals surface area contributed by atoms with Crippen LogP contribution in [0.2, 0.25) is 0 Å². The number of hydrogen-bond acceptors (Lipinski definition) is 4. The second-order valence-corrected chi connectivity index (χ2v) is 8.69. The molecule has 3 rings (SSSR count). The van der Waals surface area contributed by atoms with Gasteiger partial charge >= 0.3 is 5.97 Å². The first-order valence-corrected chi connectivity index (χ1v) is 9.24. The maximum Gasteiger partial charge on any atom is 0.312 e. The van der Waals surface area contributed by atoms with Crippen molar-refractivity contribution in [3.63, 3.8) is 0 Å². The Balaban J connectivity index is 1.86. The van der Waals surface area contributed by atoms with Gasteiger partial charge in [-0.25, -0.2) is 0 Å². The molecular weight excluding hydrogens is 330 g/mol. The predicted octanol–water partition coefficient (Wildman–Crippen LogP) is 4.98. The molecule has 3 nitrogen and oxygen atoms in total. The largest absolute Gasteiger partial charge is 0.460 e. The minimum Gasteiger partial charge on any atom is -0.460 e. The molecule has 0 bridgehead atoms. The Labute approximate surface area is 153 Å². The number of fused-ring (bicyclic) bond motifs is 1. The van der Waals surface area contributed by atoms with Gasteiger partial charge in [0.15, 0.2) is 0 Å². The van der Waals surface area contributed by atoms with Crippen LogP contribution in [0.3, 0.4) is 0 Å². The lowest BCUT2D eigenvalue weighted by Gasteiger charge is -2.44. The second kappa shape index (κ2) is 6.68. The molecule has 1 atom stereocenters. The van der Waals surface area contributed by atoms with Crippen LogP contribution < -0.4 is 0 Å². The van der Waals surface area contributed by atoms with E-state index >= 15 is 0 Å². The zero-order valence-corrected chi connectivity index (χ0v) is 15.7. The van der Waals surface area contributed by atoms with Crippen molar-refractivity contribution in [3.8, 4) is 0 Å². The molecule has 2 aromatic rings. The Hall–Kier alpha value is -2.07. The molecule has 0 saturated carbocycles. The third-order valence-electron chi connectivity index (χ3n) is 4.16. The van der Waals surface area contributed by atoms with Crippen molar-refractivity contribution in [1.82, 2.24) is 0 Å². The first-order valence-electron chi connectivity index (χ1n) is 8.42. The fourth-order valence-electron chi connectivity index (χ4n) is 3.10. The van der Waals surface area contributed by atoms with E-state index in [1.165, 1.54) is 5.56 Å². The van der Waals surface area contributed by atoms with E-state index < -0.39 is 10.3 Å². The lowest BCUT2D eigenvalue weighted by molar-refractivity contribution is -0.153. The number of esters is 1. The summed E-state index contributed by atoms with van der Waals surface area (Å²) in [6.45, 7) is 5.55. The summed E-state index contributed by atoms with van der Waals surface area (Å²) < 4.78 is 4.94. The molecule has 0 aromatic heterocycles. The van der Waals surface area contributed by atoms with Gasteiger partial charge in [0, 0.05) is 10.6 Å². The van der Waals surface area contributed by atoms with Crippen molar-refractivity contribution in [2.75, 3.05) is 0 Å². The number of hydrogen-bond donors (Lipinski definition) is 1. The number of benzene rings is 2. The zero-order chi connectivity index (χ0) is 18.1. The molecule has 1 aliphatic rings. The Bertz CT molecular complexity index is 795. The standard InChI is InChI=1S/C21H23NO2S/c1-20(2,3)24-19(23)13-18(22)21(25-16-10-5-4-6-11-16)14-15-9-7-8-12-17(15)21/h4-12,22H,13-14H2,1-3H3. The van der Waals surface area contributed by atoms with Crippen LogP contribution in [0.1, 0.15) is 38.3 Å². The van der Waals surface area contributed by atoms with Crippen LogP contribution in [-0.2, 0) is 20.7 Å². The molecule has 0 amide bonds. The summed E-state index contributed by atoms with van der Waals surface area (Å²) in [7, 11) is 0. The Kier molecular flexibility index (Phi) is 4.74. The van der Waals surface area contributed by atoms with E-state index in [0.717, 1.165) is 16.9 Å². The van der Waals surface area contributed by atoms with Crippen LogP contribution in [0, 0.1) is 5.41 Å². The van der Waals surface area contributed by atoms with Crippen LogP contribution in [0.4, 0.5) is 0 Å². The molecule has 4 heteroatoms. The van der Waals surface area contributed by atoms with Gasteiger partial charge in [0.05, 0.1) is 11.2 Å². The number of carbonyl (C=O) groups is 1. The summed E-state index contributed by atoms with van der Waals surface area (Å²) in [6, 6.07) is 18.3. The van der Waals surface area contributed by atoms with E-state index in [4.69, 9.17) is 10.1 Å². The Morgan fingerprint density at radius 3 is 2.40 bits per heavy atom. The van der Waals surface area contributed by atoms with Crippen molar-refractivity contribution in [1.29, 1.82) is 5.41 Å². The topological polar surface area (TPSA) is 50.2 Å². The van der Waals surface area contributed by atoms with Gasteiger partial charge in [0.25, 0.3) is 0 Å². The second-order valence-electron chi connectivity index (χ2n) is 7.32. The summed E-state index contributed by atoms with van der Waals surface area (Å²) >= 11 is 1.66. The van der Waals surface area contributed by atoms with Gasteiger partial charge in [0.2, 0.25) is 0 Å². The van der Waals surface area contributed by atoms with E-state index in [-0.39, 0.29) is 12.4 Å². The number of thioether (sulfide) groups is 1. The monoisotopic (exact) mass is 353 g/mol. The van der Waals surface area contributed by atoms with E-state index in [2.05, 4.69) is 12.1 Å². The summed E-state index contributed by atoms with van der Waals surface area (Å²) in [6.07, 6.45) is 0.788. The molecule has 0 aliphatic heterocycles. The van der Waals surface area contributed by atoms with Crippen molar-refractivity contribution in [2.45, 2.75) is 48.9 Å². The fourth-order valence-corrected chi connectivity index (χ4v) is 4.53. The number of carbonyl (C=O) groups excluding carboxylic acids is 1. The third-order valence-corrected chi connectivity index (χ3v) is 5.62. The van der Waals surface area contributed by atoms with Crippen LogP contribution in [0.5, 0.6) is 0 Å². The Morgan fingerprint density at radius 1 is 1.12 bits per heavy atom. The van der Waals surface area contributed by atoms with Crippen LogP contribution in [0.15, 0.2) is 59.5 Å². The van der Waals surface area contributed by atoms with Crippen molar-refractivity contribution < 1.29 is 9.53 Å². The highest BCUT2D eigenvalue weighted by molar-refractivity contribution is 8.01. The van der Waals surface area contributed by atoms with Gasteiger partial charge in [-0.15, -0.1) is 11.8 Å². The van der Waals surface area contributed by atoms with Gasteiger partial charge in [0.1, 0.15) is 5.60 Å². The van der Waals surface area contributed by atoms with Gasteiger partial charge in [-0.05, 0) is 50.5 Å². The quantitative estimate of drug-likeness (QED) is 0.609. The van der Waals surface area contributed by atoms with Gasteiger partial charge < -0.3 is 10.1 Å². The third kappa shape index (κ3) is 3.79. The molecule has 1 aliphatic carbocycles. The number of rotatable bonds is 5. The molecule has 2 aromatic carbocycles. The summed E-state index contributed by atoms with van der Waals surface area (Å²) in [5.41, 5.74) is 2.26. The van der Waals surface area contributed by atoms with Gasteiger partial charge in [-0.2, -0.15) is 0 Å². The SMILES string of the molecule is CC(C)(C)OC(=O)CC(=N)C1(Sc2ccccc2)Cc2ccccc21. The zero-order valence-electron chi connectivity index (χ0n) is 14.8. The highest BCUT2D eigenvalue weighted by Gasteiger charge is 2.47. The maximum absolute atomic E-state index is 12.2. The molecule has 25 heavy (non-hydrogen) atoms. The first-order chi connectivity index (χ1) is 11.8. The molecule has 0 radical (unpaired) electrons. The van der Waals surface area contributed by atoms with E-state index in [1.807, 2.05) is 63.2 Å². The van der Waals surface area contributed by atoms with E-state index in [1.54, 1.807) is 11.8 Å². The van der Waals surface area contributed by atoms with Crippen LogP contribution >= 0.6 is 11.8 Å². The van der Waals surface area contributed by atoms with Crippen LogP contribution in [-0.4, -0.2) is 17.3 Å². The predicted molar refractivity (Wildman–Crippen MR) is 102 cm³/mol. The normalized spacial score (nSPS) is 18.8. The minimum absolute atomic E-state index is 0.0193. The molecule has 0 spiro atoms.